The molecule has 1 spiro atoms. The lowest BCUT2D eigenvalue weighted by Gasteiger charge is -2.57. The first-order chi connectivity index (χ1) is 16.9. The van der Waals surface area contributed by atoms with Crippen molar-refractivity contribution in [1.29, 1.82) is 0 Å². The molecule has 1 aliphatic carbocycles. The number of aliphatic hydroxyl groups is 1. The van der Waals surface area contributed by atoms with Crippen molar-refractivity contribution in [2.75, 3.05) is 33.4 Å². The van der Waals surface area contributed by atoms with Gasteiger partial charge in [-0.3, -0.25) is 9.69 Å². The minimum Gasteiger partial charge on any atom is -0.497 e. The number of methoxy groups -OCH3 is 1. The van der Waals surface area contributed by atoms with Crippen molar-refractivity contribution < 1.29 is 19.0 Å². The van der Waals surface area contributed by atoms with E-state index in [-0.39, 0.29) is 35.7 Å². The lowest BCUT2D eigenvalue weighted by atomic mass is 9.68. The smallest absolute Gasteiger partial charge is 0.226 e. The minimum atomic E-state index is -0.357. The van der Waals surface area contributed by atoms with E-state index >= 15 is 0 Å². The molecular formula is C28H32FN3O3. The van der Waals surface area contributed by atoms with Gasteiger partial charge < -0.3 is 19.3 Å². The van der Waals surface area contributed by atoms with E-state index in [1.807, 2.05) is 30.1 Å². The average Bonchev–Trinajstić information content (AvgIpc) is 3.09. The molecule has 0 bridgehead atoms. The van der Waals surface area contributed by atoms with Gasteiger partial charge in [0, 0.05) is 61.7 Å². The van der Waals surface area contributed by atoms with E-state index in [2.05, 4.69) is 15.5 Å². The summed E-state index contributed by atoms with van der Waals surface area (Å²) in [5.74, 6) is 0.810. The molecule has 1 saturated carbocycles. The van der Waals surface area contributed by atoms with Gasteiger partial charge in [0.05, 0.1) is 25.3 Å². The van der Waals surface area contributed by atoms with Gasteiger partial charge in [-0.15, -0.1) is 0 Å². The van der Waals surface area contributed by atoms with Crippen LogP contribution in [-0.2, 0) is 23.8 Å². The molecule has 1 N–H and O–H groups in total. The highest BCUT2D eigenvalue weighted by Crippen LogP contribution is 2.50. The molecule has 6 nitrogen and oxygen atoms in total. The Balaban J connectivity index is 1.42. The molecule has 1 atom stereocenters. The molecule has 1 amide bonds. The van der Waals surface area contributed by atoms with Crippen LogP contribution >= 0.6 is 0 Å². The Morgan fingerprint density at radius 1 is 1.17 bits per heavy atom. The van der Waals surface area contributed by atoms with Crippen LogP contribution in [0.3, 0.4) is 0 Å². The first-order valence-corrected chi connectivity index (χ1v) is 12.5. The lowest BCUT2D eigenvalue weighted by molar-refractivity contribution is -0.146. The zero-order valence-corrected chi connectivity index (χ0v) is 20.3. The molecule has 2 aliphatic heterocycles. The van der Waals surface area contributed by atoms with E-state index in [4.69, 9.17) is 4.74 Å². The number of nitrogens with zero attached hydrogens (tertiary/aromatic N) is 3. The molecule has 3 aromatic rings. The number of carbonyl (C=O) groups is 1. The van der Waals surface area contributed by atoms with Gasteiger partial charge in [-0.1, -0.05) is 18.6 Å². The van der Waals surface area contributed by atoms with Gasteiger partial charge in [0.25, 0.3) is 0 Å². The number of aryl methyl sites for hydroxylation is 1. The number of likely N-dealkylation sites (tertiary alicyclic amines) is 1. The summed E-state index contributed by atoms with van der Waals surface area (Å²) in [5.41, 5.74) is 4.05. The number of aliphatic hydroxyl groups excluding tert-OH is 1. The largest absolute Gasteiger partial charge is 0.497 e. The summed E-state index contributed by atoms with van der Waals surface area (Å²) in [4.78, 5) is 17.8. The number of halogens is 1. The lowest BCUT2D eigenvalue weighted by Crippen LogP contribution is -2.67. The number of rotatable bonds is 5. The molecule has 0 radical (unpaired) electrons. The van der Waals surface area contributed by atoms with Gasteiger partial charge in [0.1, 0.15) is 11.6 Å². The quantitative estimate of drug-likeness (QED) is 0.608. The number of benzene rings is 2. The van der Waals surface area contributed by atoms with Gasteiger partial charge in [0.2, 0.25) is 5.91 Å². The third-order valence-electron chi connectivity index (χ3n) is 8.41. The molecule has 7 heteroatoms. The Hall–Kier alpha value is -2.90. The van der Waals surface area contributed by atoms with E-state index in [0.29, 0.717) is 13.1 Å². The highest BCUT2D eigenvalue weighted by Gasteiger charge is 2.54. The summed E-state index contributed by atoms with van der Waals surface area (Å²) in [7, 11) is 3.69. The predicted octanol–water partition coefficient (Wildman–Crippen LogP) is 3.76. The van der Waals surface area contributed by atoms with Crippen LogP contribution in [0.2, 0.25) is 0 Å². The normalized spacial score (nSPS) is 21.6. The molecule has 2 aromatic carbocycles. The molecule has 1 saturated heterocycles. The summed E-state index contributed by atoms with van der Waals surface area (Å²) < 4.78 is 21.4. The molecule has 0 unspecified atom stereocenters. The van der Waals surface area contributed by atoms with Crippen molar-refractivity contribution in [2.45, 2.75) is 37.3 Å². The first-order valence-electron chi connectivity index (χ1n) is 12.5. The fourth-order valence-electron chi connectivity index (χ4n) is 6.55. The van der Waals surface area contributed by atoms with Gasteiger partial charge in [-0.05, 0) is 48.2 Å². The molecule has 35 heavy (non-hydrogen) atoms. The van der Waals surface area contributed by atoms with Crippen LogP contribution in [-0.4, -0.2) is 58.7 Å². The van der Waals surface area contributed by atoms with E-state index in [9.17, 15) is 14.3 Å². The summed E-state index contributed by atoms with van der Waals surface area (Å²) in [6.45, 7) is 2.75. The van der Waals surface area contributed by atoms with Crippen LogP contribution in [0.25, 0.3) is 10.9 Å². The van der Waals surface area contributed by atoms with E-state index < -0.39 is 0 Å². The molecule has 2 fully saturated rings. The zero-order chi connectivity index (χ0) is 24.3. The van der Waals surface area contributed by atoms with Crippen LogP contribution in [0.5, 0.6) is 5.75 Å². The minimum absolute atomic E-state index is 0.0703. The highest BCUT2D eigenvalue weighted by atomic mass is 19.1. The maximum Gasteiger partial charge on any atom is 0.226 e. The van der Waals surface area contributed by atoms with Gasteiger partial charge in [-0.25, -0.2) is 4.39 Å². The average molecular weight is 478 g/mol. The molecule has 1 aromatic heterocycles. The van der Waals surface area contributed by atoms with Crippen molar-refractivity contribution in [3.63, 3.8) is 0 Å². The summed E-state index contributed by atoms with van der Waals surface area (Å²) in [6.07, 6.45) is 2.97. The fraction of sp³-hybridized carbons (Fsp3) is 0.464. The maximum absolute atomic E-state index is 13.8. The number of hydrogen-bond acceptors (Lipinski definition) is 4. The maximum atomic E-state index is 13.8. The number of amides is 1. The molecule has 6 rings (SSSR count). The number of fused-ring (bicyclic) bond motifs is 4. The Kier molecular flexibility index (Phi) is 5.38. The van der Waals surface area contributed by atoms with Crippen molar-refractivity contribution in [3.05, 3.63) is 65.1 Å². The summed E-state index contributed by atoms with van der Waals surface area (Å²) in [6, 6.07) is 12.6. The van der Waals surface area contributed by atoms with E-state index in [1.54, 1.807) is 19.2 Å². The SMILES string of the molecule is COc1ccc2c3c(n(C)c2c1)[C@H](CO)N(C(=O)C1CCC1)CC31CN(Cc2cccc(F)c2)C1. The second-order valence-corrected chi connectivity index (χ2v) is 10.6. The van der Waals surface area contributed by atoms with E-state index in [0.717, 1.165) is 60.3 Å². The first kappa shape index (κ1) is 22.6. The van der Waals surface area contributed by atoms with Crippen LogP contribution < -0.4 is 4.74 Å². The van der Waals surface area contributed by atoms with Crippen LogP contribution in [0.4, 0.5) is 4.39 Å². The second-order valence-electron chi connectivity index (χ2n) is 10.6. The highest BCUT2D eigenvalue weighted by molar-refractivity contribution is 5.90. The Labute approximate surface area is 204 Å². The van der Waals surface area contributed by atoms with Crippen LogP contribution in [0.15, 0.2) is 42.5 Å². The number of ether oxygens (including phenoxy) is 1. The zero-order valence-electron chi connectivity index (χ0n) is 20.3. The predicted molar refractivity (Wildman–Crippen MR) is 132 cm³/mol. The third kappa shape index (κ3) is 3.47. The summed E-state index contributed by atoms with van der Waals surface area (Å²) >= 11 is 0. The Bertz CT molecular complexity index is 1290. The monoisotopic (exact) mass is 477 g/mol. The molecule has 184 valence electrons. The summed E-state index contributed by atoms with van der Waals surface area (Å²) in [5, 5.41) is 11.7. The van der Waals surface area contributed by atoms with Crippen molar-refractivity contribution in [1.82, 2.24) is 14.4 Å². The standard InChI is InChI=1S/C28H32FN3O3/c1-30-23-12-21(35-2)9-10-22(23)25-26(30)24(14-33)32(27(34)19-6-4-7-19)17-28(25)15-31(16-28)13-18-5-3-8-20(29)11-18/h3,5,8-12,19,24,33H,4,6-7,13-17H2,1-2H3/t24-/m0/s1. The van der Waals surface area contributed by atoms with Crippen molar-refractivity contribution >= 4 is 16.8 Å². The fourth-order valence-corrected chi connectivity index (χ4v) is 6.55. The number of aromatic nitrogens is 1. The Morgan fingerprint density at radius 3 is 2.63 bits per heavy atom. The van der Waals surface area contributed by atoms with Crippen LogP contribution in [0.1, 0.15) is 42.1 Å². The Morgan fingerprint density at radius 2 is 1.97 bits per heavy atom. The number of carbonyl (C=O) groups excluding carboxylic acids is 1. The third-order valence-corrected chi connectivity index (χ3v) is 8.41. The van der Waals surface area contributed by atoms with E-state index in [1.165, 1.54) is 11.6 Å². The van der Waals surface area contributed by atoms with Crippen molar-refractivity contribution in [2.24, 2.45) is 13.0 Å². The molecule has 3 heterocycles. The topological polar surface area (TPSA) is 57.9 Å². The van der Waals surface area contributed by atoms with Crippen molar-refractivity contribution in [3.8, 4) is 5.75 Å². The molecule has 3 aliphatic rings. The molecular weight excluding hydrogens is 445 g/mol. The van der Waals surface area contributed by atoms with Gasteiger partial charge >= 0.3 is 0 Å². The number of hydrogen-bond donors (Lipinski definition) is 1. The van der Waals surface area contributed by atoms with Gasteiger partial charge in [0.15, 0.2) is 0 Å². The van der Waals surface area contributed by atoms with Gasteiger partial charge in [-0.2, -0.15) is 0 Å². The van der Waals surface area contributed by atoms with Crippen LogP contribution in [0, 0.1) is 11.7 Å². The second kappa shape index (κ2) is 8.35.